The van der Waals surface area contributed by atoms with Crippen LogP contribution in [0.3, 0.4) is 0 Å². The van der Waals surface area contributed by atoms with Gasteiger partial charge in [0.1, 0.15) is 0 Å². The van der Waals surface area contributed by atoms with Crippen molar-refractivity contribution in [3.63, 3.8) is 0 Å². The fourth-order valence-corrected chi connectivity index (χ4v) is 3.04. The summed E-state index contributed by atoms with van der Waals surface area (Å²) in [5.41, 5.74) is 6.23. The summed E-state index contributed by atoms with van der Waals surface area (Å²) in [7, 11) is 1.64. The lowest BCUT2D eigenvalue weighted by Crippen LogP contribution is -2.50. The van der Waals surface area contributed by atoms with E-state index in [1.165, 1.54) is 11.5 Å². The molecule has 0 spiro atoms. The highest BCUT2D eigenvalue weighted by Crippen LogP contribution is 2.20. The van der Waals surface area contributed by atoms with Crippen molar-refractivity contribution in [3.8, 4) is 0 Å². The predicted octanol–water partition coefficient (Wildman–Crippen LogP) is 0.317. The number of carbonyl (C=O) groups is 1. The zero-order valence-corrected chi connectivity index (χ0v) is 14.2. The van der Waals surface area contributed by atoms with Gasteiger partial charge >= 0.3 is 6.03 Å². The Kier molecular flexibility index (Phi) is 5.11. The fourth-order valence-electron chi connectivity index (χ4n) is 2.39. The van der Waals surface area contributed by atoms with E-state index in [9.17, 15) is 4.79 Å². The first-order valence-corrected chi connectivity index (χ1v) is 8.34. The smallest absolute Gasteiger partial charge is 0.322 e. The number of rotatable bonds is 5. The third kappa shape index (κ3) is 3.92. The van der Waals surface area contributed by atoms with Crippen molar-refractivity contribution in [1.29, 1.82) is 0 Å². The Hall–Kier alpha value is -2.40. The van der Waals surface area contributed by atoms with Gasteiger partial charge in [-0.25, -0.2) is 4.79 Å². The molecule has 0 radical (unpaired) electrons. The fraction of sp³-hybridized carbons (Fsp3) is 0.538. The van der Waals surface area contributed by atoms with E-state index >= 15 is 0 Å². The van der Waals surface area contributed by atoms with Crippen molar-refractivity contribution in [2.45, 2.75) is 6.54 Å². The second kappa shape index (κ2) is 7.45. The molecule has 3 heterocycles. The monoisotopic (exact) mass is 352 g/mol. The first kappa shape index (κ1) is 16.5. The van der Waals surface area contributed by atoms with Crippen LogP contribution < -0.4 is 16.0 Å². The number of aromatic nitrogens is 4. The van der Waals surface area contributed by atoms with E-state index in [4.69, 9.17) is 10.5 Å². The van der Waals surface area contributed by atoms with Crippen LogP contribution in [-0.4, -0.2) is 70.0 Å². The summed E-state index contributed by atoms with van der Waals surface area (Å²) in [6, 6.07) is -0.127. The summed E-state index contributed by atoms with van der Waals surface area (Å²) in [4.78, 5) is 20.4. The van der Waals surface area contributed by atoms with Gasteiger partial charge in [0.15, 0.2) is 0 Å². The van der Waals surface area contributed by atoms with Gasteiger partial charge in [-0.2, -0.15) is 14.5 Å². The van der Waals surface area contributed by atoms with Crippen LogP contribution in [0, 0.1) is 0 Å². The topological polar surface area (TPSA) is 114 Å². The van der Waals surface area contributed by atoms with Crippen LogP contribution in [0.25, 0.3) is 0 Å². The number of nitrogens with two attached hydrogens (primary N) is 1. The van der Waals surface area contributed by atoms with Gasteiger partial charge in [-0.1, -0.05) is 0 Å². The summed E-state index contributed by atoms with van der Waals surface area (Å²) in [6.07, 6.45) is 3.42. The van der Waals surface area contributed by atoms with Crippen molar-refractivity contribution >= 4 is 34.3 Å². The Balaban J connectivity index is 1.49. The molecule has 0 saturated carbocycles. The second-order valence-electron chi connectivity index (χ2n) is 5.32. The molecule has 24 heavy (non-hydrogen) atoms. The van der Waals surface area contributed by atoms with E-state index in [0.29, 0.717) is 51.0 Å². The molecule has 1 fully saturated rings. The number of nitrogens with zero attached hydrogens (tertiary/aromatic N) is 6. The van der Waals surface area contributed by atoms with Crippen LogP contribution in [0.1, 0.15) is 0 Å². The Labute approximate surface area is 143 Å². The van der Waals surface area contributed by atoms with Gasteiger partial charge < -0.3 is 25.6 Å². The molecule has 1 aliphatic rings. The lowest BCUT2D eigenvalue weighted by molar-refractivity contribution is 0.183. The first-order valence-electron chi connectivity index (χ1n) is 7.57. The molecule has 0 bridgehead atoms. The minimum absolute atomic E-state index is 0.127. The average molecular weight is 352 g/mol. The maximum atomic E-state index is 12.3. The van der Waals surface area contributed by atoms with Gasteiger partial charge in [0.05, 0.1) is 25.0 Å². The number of urea groups is 1. The number of piperazine rings is 1. The number of carbonyl (C=O) groups excluding carboxylic acids is 1. The van der Waals surface area contributed by atoms with E-state index < -0.39 is 0 Å². The van der Waals surface area contributed by atoms with Gasteiger partial charge in [0, 0.05) is 51.0 Å². The molecule has 11 heteroatoms. The number of ether oxygens (including phenoxy) is 1. The SMILES string of the molecule is COCCn1cc(NC(=O)N2CCN(c3nc(N)ns3)CC2)cn1. The summed E-state index contributed by atoms with van der Waals surface area (Å²) < 4.78 is 10.7. The zero-order valence-electron chi connectivity index (χ0n) is 13.4. The normalized spacial score (nSPS) is 14.9. The number of methoxy groups -OCH3 is 1. The van der Waals surface area contributed by atoms with Crippen molar-refractivity contribution in [3.05, 3.63) is 12.4 Å². The predicted molar refractivity (Wildman–Crippen MR) is 91.2 cm³/mol. The maximum absolute atomic E-state index is 12.3. The van der Waals surface area contributed by atoms with E-state index in [1.807, 2.05) is 0 Å². The van der Waals surface area contributed by atoms with Crippen LogP contribution in [-0.2, 0) is 11.3 Å². The molecule has 2 amide bonds. The molecule has 0 aliphatic carbocycles. The summed E-state index contributed by atoms with van der Waals surface area (Å²) >= 11 is 1.28. The van der Waals surface area contributed by atoms with Crippen molar-refractivity contribution in [1.82, 2.24) is 24.0 Å². The Morgan fingerprint density at radius 1 is 1.42 bits per heavy atom. The molecule has 1 saturated heterocycles. The molecular weight excluding hydrogens is 332 g/mol. The maximum Gasteiger partial charge on any atom is 0.322 e. The van der Waals surface area contributed by atoms with Gasteiger partial charge in [0.25, 0.3) is 0 Å². The minimum atomic E-state index is -0.127. The van der Waals surface area contributed by atoms with Gasteiger partial charge in [-0.3, -0.25) is 4.68 Å². The van der Waals surface area contributed by atoms with Gasteiger partial charge in [0.2, 0.25) is 11.1 Å². The third-order valence-electron chi connectivity index (χ3n) is 3.68. The summed E-state index contributed by atoms with van der Waals surface area (Å²) in [5.74, 6) is 0.292. The number of nitrogens with one attached hydrogen (secondary N) is 1. The molecule has 3 rings (SSSR count). The quantitative estimate of drug-likeness (QED) is 0.796. The first-order chi connectivity index (χ1) is 11.7. The highest BCUT2D eigenvalue weighted by atomic mass is 32.1. The molecule has 0 unspecified atom stereocenters. The van der Waals surface area contributed by atoms with Crippen molar-refractivity contribution < 1.29 is 9.53 Å². The van der Waals surface area contributed by atoms with Crippen LogP contribution in [0.2, 0.25) is 0 Å². The van der Waals surface area contributed by atoms with E-state index in [2.05, 4.69) is 24.7 Å². The number of amides is 2. The molecule has 1 aliphatic heterocycles. The minimum Gasteiger partial charge on any atom is -0.383 e. The third-order valence-corrected chi connectivity index (χ3v) is 4.47. The van der Waals surface area contributed by atoms with Crippen LogP contribution in [0.5, 0.6) is 0 Å². The molecule has 10 nitrogen and oxygen atoms in total. The molecule has 0 atom stereocenters. The number of hydrogen-bond acceptors (Lipinski definition) is 8. The van der Waals surface area contributed by atoms with Gasteiger partial charge in [-0.15, -0.1) is 0 Å². The lowest BCUT2D eigenvalue weighted by Gasteiger charge is -2.34. The molecule has 3 N–H and O–H groups in total. The molecule has 2 aromatic heterocycles. The Morgan fingerprint density at radius 2 is 2.21 bits per heavy atom. The summed E-state index contributed by atoms with van der Waals surface area (Å²) in [5, 5.41) is 7.84. The van der Waals surface area contributed by atoms with Crippen molar-refractivity contribution in [2.24, 2.45) is 0 Å². The number of anilines is 3. The van der Waals surface area contributed by atoms with Crippen LogP contribution in [0.15, 0.2) is 12.4 Å². The zero-order chi connectivity index (χ0) is 16.9. The molecule has 130 valence electrons. The van der Waals surface area contributed by atoms with Gasteiger partial charge in [-0.05, 0) is 0 Å². The Bertz CT molecular complexity index is 679. The van der Waals surface area contributed by atoms with Crippen LogP contribution in [0.4, 0.5) is 21.6 Å². The van der Waals surface area contributed by atoms with Crippen LogP contribution >= 0.6 is 11.5 Å². The number of nitrogen functional groups attached to an aromatic ring is 1. The average Bonchev–Trinajstić information content (AvgIpc) is 3.22. The Morgan fingerprint density at radius 3 is 2.88 bits per heavy atom. The van der Waals surface area contributed by atoms with E-state index in [1.54, 1.807) is 29.1 Å². The largest absolute Gasteiger partial charge is 0.383 e. The van der Waals surface area contributed by atoms with Crippen molar-refractivity contribution in [2.75, 3.05) is 55.8 Å². The van der Waals surface area contributed by atoms with E-state index in [-0.39, 0.29) is 6.03 Å². The second-order valence-corrected chi connectivity index (χ2v) is 6.05. The standard InChI is InChI=1S/C13H20N8O2S/c1-23-7-6-21-9-10(8-15-21)16-12(22)19-2-4-20(5-3-19)13-17-11(14)18-24-13/h8-9H,2-7H2,1H3,(H2,14,18)(H,16,22). The molecule has 2 aromatic rings. The molecular formula is C13H20N8O2S. The van der Waals surface area contributed by atoms with E-state index in [0.717, 1.165) is 5.13 Å². The summed E-state index contributed by atoms with van der Waals surface area (Å²) in [6.45, 7) is 3.86. The number of hydrogen-bond donors (Lipinski definition) is 2. The lowest BCUT2D eigenvalue weighted by atomic mass is 10.3. The highest BCUT2D eigenvalue weighted by Gasteiger charge is 2.23. The highest BCUT2D eigenvalue weighted by molar-refractivity contribution is 7.09. The molecule has 0 aromatic carbocycles.